The Bertz CT molecular complexity index is 473. The molecule has 0 aromatic rings. The first-order chi connectivity index (χ1) is 9.72. The van der Waals surface area contributed by atoms with Crippen LogP contribution < -0.4 is 0 Å². The molecule has 21 heavy (non-hydrogen) atoms. The summed E-state index contributed by atoms with van der Waals surface area (Å²) >= 11 is 0. The molecule has 2 aliphatic rings. The van der Waals surface area contributed by atoms with Crippen molar-refractivity contribution in [2.75, 3.05) is 0 Å². The van der Waals surface area contributed by atoms with E-state index in [1.165, 1.54) is 36.0 Å². The van der Waals surface area contributed by atoms with Crippen molar-refractivity contribution in [3.05, 3.63) is 34.9 Å². The van der Waals surface area contributed by atoms with Crippen molar-refractivity contribution in [3.8, 4) is 0 Å². The van der Waals surface area contributed by atoms with Crippen molar-refractivity contribution in [1.82, 2.24) is 0 Å². The third-order valence-corrected chi connectivity index (χ3v) is 5.49. The Kier molecular flexibility index (Phi) is 4.82. The van der Waals surface area contributed by atoms with Crippen LogP contribution in [0.1, 0.15) is 73.1 Å². The second-order valence-electron chi connectivity index (χ2n) is 8.01. The van der Waals surface area contributed by atoms with Crippen molar-refractivity contribution in [3.63, 3.8) is 0 Å². The zero-order valence-corrected chi connectivity index (χ0v) is 14.5. The molecule has 2 atom stereocenters. The van der Waals surface area contributed by atoms with Gasteiger partial charge in [0, 0.05) is 0 Å². The fourth-order valence-corrected chi connectivity index (χ4v) is 3.94. The van der Waals surface area contributed by atoms with Crippen LogP contribution in [0.2, 0.25) is 0 Å². The van der Waals surface area contributed by atoms with Crippen LogP contribution in [-0.2, 0) is 0 Å². The molecular weight excluding hydrogens is 256 g/mol. The molecule has 0 fully saturated rings. The van der Waals surface area contributed by atoms with Crippen molar-refractivity contribution < 1.29 is 5.11 Å². The summed E-state index contributed by atoms with van der Waals surface area (Å²) in [6, 6.07) is 0. The molecule has 0 aliphatic heterocycles. The molecule has 0 saturated heterocycles. The molecule has 0 heterocycles. The van der Waals surface area contributed by atoms with Gasteiger partial charge in [-0.25, -0.2) is 0 Å². The molecule has 1 nitrogen and oxygen atoms in total. The maximum Gasteiger partial charge on any atom is 0.0803 e. The Hall–Kier alpha value is -0.820. The average Bonchev–Trinajstić information content (AvgIpc) is 2.70. The van der Waals surface area contributed by atoms with Crippen LogP contribution >= 0.6 is 0 Å². The van der Waals surface area contributed by atoms with Gasteiger partial charge < -0.3 is 5.11 Å². The maximum atomic E-state index is 10.5. The molecule has 0 aromatic carbocycles. The first-order valence-corrected chi connectivity index (χ1v) is 8.46. The lowest BCUT2D eigenvalue weighted by Gasteiger charge is -2.36. The lowest BCUT2D eigenvalue weighted by Crippen LogP contribution is -2.32. The summed E-state index contributed by atoms with van der Waals surface area (Å²) in [6.07, 6.45) is 14.1. The van der Waals surface area contributed by atoms with Gasteiger partial charge in [-0.3, -0.25) is 0 Å². The van der Waals surface area contributed by atoms with Gasteiger partial charge in [0.05, 0.1) is 5.60 Å². The highest BCUT2D eigenvalue weighted by molar-refractivity contribution is 5.28. The second kappa shape index (κ2) is 6.12. The summed E-state index contributed by atoms with van der Waals surface area (Å²) in [7, 11) is 0. The highest BCUT2D eigenvalue weighted by atomic mass is 16.3. The summed E-state index contributed by atoms with van der Waals surface area (Å²) in [4.78, 5) is 0. The largest absolute Gasteiger partial charge is 0.386 e. The summed E-state index contributed by atoms with van der Waals surface area (Å²) in [5.74, 6) is 0.503. The van der Waals surface area contributed by atoms with Gasteiger partial charge in [-0.05, 0) is 83.1 Å². The number of aliphatic hydroxyl groups is 1. The van der Waals surface area contributed by atoms with Crippen LogP contribution in [0.4, 0.5) is 0 Å². The third kappa shape index (κ3) is 3.88. The summed E-state index contributed by atoms with van der Waals surface area (Å²) in [5, 5.41) is 10.5. The van der Waals surface area contributed by atoms with Gasteiger partial charge in [-0.15, -0.1) is 0 Å². The summed E-state index contributed by atoms with van der Waals surface area (Å²) in [5.41, 5.74) is 3.88. The van der Waals surface area contributed by atoms with Crippen LogP contribution in [0.25, 0.3) is 0 Å². The van der Waals surface area contributed by atoms with E-state index in [1.807, 2.05) is 13.8 Å². The molecule has 0 radical (unpaired) electrons. The predicted molar refractivity (Wildman–Crippen MR) is 91.2 cm³/mol. The molecule has 2 aliphatic carbocycles. The van der Waals surface area contributed by atoms with Gasteiger partial charge in [-0.2, -0.15) is 0 Å². The fraction of sp³-hybridized carbons (Fsp3) is 0.700. The van der Waals surface area contributed by atoms with E-state index in [9.17, 15) is 5.11 Å². The molecule has 2 rings (SSSR count). The molecule has 0 unspecified atom stereocenters. The van der Waals surface area contributed by atoms with E-state index >= 15 is 0 Å². The summed E-state index contributed by atoms with van der Waals surface area (Å²) < 4.78 is 0. The normalized spacial score (nSPS) is 36.7. The smallest absolute Gasteiger partial charge is 0.0803 e. The number of rotatable bonds is 1. The van der Waals surface area contributed by atoms with Crippen LogP contribution in [0.3, 0.4) is 0 Å². The molecule has 1 N–H and O–H groups in total. The molecule has 118 valence electrons. The SMILES string of the molecule is C/C1=C/C[C@]2(C)CC=C(C(C)(C)O)[C@H]2CC/C(C)=C\CC1. The molecule has 0 bridgehead atoms. The van der Waals surface area contributed by atoms with Crippen molar-refractivity contribution in [2.24, 2.45) is 11.3 Å². The standard InChI is InChI=1S/C20H32O/c1-15-7-6-8-16(2)11-13-20(5)14-12-17(19(3,4)21)18(20)10-9-15/h7,11-12,18,21H,6,8-10,13-14H2,1-5H3/b15-7-,16-11-/t18-,20-/m1/s1. The highest BCUT2D eigenvalue weighted by Gasteiger charge is 2.43. The molecule has 0 amide bonds. The summed E-state index contributed by atoms with van der Waals surface area (Å²) in [6.45, 7) is 10.8. The second-order valence-corrected chi connectivity index (χ2v) is 8.01. The number of hydrogen-bond acceptors (Lipinski definition) is 1. The lowest BCUT2D eigenvalue weighted by atomic mass is 9.69. The van der Waals surface area contributed by atoms with Crippen molar-refractivity contribution in [1.29, 1.82) is 0 Å². The minimum absolute atomic E-state index is 0.279. The molecule has 0 saturated carbocycles. The zero-order chi connectivity index (χ0) is 15.7. The number of allylic oxidation sites excluding steroid dienone is 5. The first kappa shape index (κ1) is 16.5. The Morgan fingerprint density at radius 3 is 2.33 bits per heavy atom. The van der Waals surface area contributed by atoms with E-state index in [0.29, 0.717) is 5.92 Å². The van der Waals surface area contributed by atoms with E-state index in [4.69, 9.17) is 0 Å². The van der Waals surface area contributed by atoms with Crippen LogP contribution in [0.5, 0.6) is 0 Å². The topological polar surface area (TPSA) is 20.2 Å². The molecular formula is C20H32O. The maximum absolute atomic E-state index is 10.5. The Labute approximate surface area is 130 Å². The van der Waals surface area contributed by atoms with Gasteiger partial charge in [0.2, 0.25) is 0 Å². The van der Waals surface area contributed by atoms with E-state index < -0.39 is 5.60 Å². The zero-order valence-electron chi connectivity index (χ0n) is 14.5. The molecule has 0 aromatic heterocycles. The number of fused-ring (bicyclic) bond motifs is 1. The van der Waals surface area contributed by atoms with Crippen molar-refractivity contribution in [2.45, 2.75) is 78.7 Å². The van der Waals surface area contributed by atoms with E-state index in [-0.39, 0.29) is 5.41 Å². The fourth-order valence-electron chi connectivity index (χ4n) is 3.94. The Morgan fingerprint density at radius 1 is 1.05 bits per heavy atom. The minimum Gasteiger partial charge on any atom is -0.386 e. The van der Waals surface area contributed by atoms with E-state index in [0.717, 1.165) is 19.3 Å². The minimum atomic E-state index is -0.682. The first-order valence-electron chi connectivity index (χ1n) is 8.46. The Balaban J connectivity index is 2.31. The predicted octanol–water partition coefficient (Wildman–Crippen LogP) is 5.57. The molecule has 0 spiro atoms. The monoisotopic (exact) mass is 288 g/mol. The van der Waals surface area contributed by atoms with Gasteiger partial charge >= 0.3 is 0 Å². The van der Waals surface area contributed by atoms with Gasteiger partial charge in [0.15, 0.2) is 0 Å². The van der Waals surface area contributed by atoms with Crippen LogP contribution in [-0.4, -0.2) is 10.7 Å². The Morgan fingerprint density at radius 2 is 1.67 bits per heavy atom. The quantitative estimate of drug-likeness (QED) is 0.626. The lowest BCUT2D eigenvalue weighted by molar-refractivity contribution is 0.0918. The van der Waals surface area contributed by atoms with Crippen molar-refractivity contribution >= 4 is 0 Å². The highest BCUT2D eigenvalue weighted by Crippen LogP contribution is 2.51. The van der Waals surface area contributed by atoms with Gasteiger partial charge in [-0.1, -0.05) is 36.3 Å². The molecule has 1 heteroatoms. The van der Waals surface area contributed by atoms with Crippen LogP contribution in [0, 0.1) is 11.3 Å². The number of hydrogen-bond donors (Lipinski definition) is 1. The third-order valence-electron chi connectivity index (χ3n) is 5.49. The van der Waals surface area contributed by atoms with E-state index in [2.05, 4.69) is 39.0 Å². The van der Waals surface area contributed by atoms with Crippen LogP contribution in [0.15, 0.2) is 34.9 Å². The van der Waals surface area contributed by atoms with E-state index in [1.54, 1.807) is 0 Å². The van der Waals surface area contributed by atoms with Gasteiger partial charge in [0.1, 0.15) is 0 Å². The van der Waals surface area contributed by atoms with Gasteiger partial charge in [0.25, 0.3) is 0 Å². The average molecular weight is 288 g/mol.